The van der Waals surface area contributed by atoms with Crippen LogP contribution >= 0.6 is 11.6 Å². The fourth-order valence-corrected chi connectivity index (χ4v) is 4.38. The summed E-state index contributed by atoms with van der Waals surface area (Å²) in [6.07, 6.45) is 3.61. The highest BCUT2D eigenvalue weighted by Gasteiger charge is 2.33. The fourth-order valence-electron chi connectivity index (χ4n) is 2.05. The summed E-state index contributed by atoms with van der Waals surface area (Å²) in [7, 11) is -1.60. The molecule has 0 heterocycles. The molecule has 0 unspecified atom stereocenters. The molecule has 0 bridgehead atoms. The Kier molecular flexibility index (Phi) is 6.03. The van der Waals surface area contributed by atoms with E-state index >= 15 is 0 Å². The Balaban J connectivity index is 2.66. The molecule has 1 fully saturated rings. The summed E-state index contributed by atoms with van der Waals surface area (Å²) in [6.45, 7) is 1.20. The normalized spacial score (nSPS) is 18.4. The van der Waals surface area contributed by atoms with Crippen LogP contribution in [0.25, 0.3) is 0 Å². The first-order valence-electron chi connectivity index (χ1n) is 5.66. The first-order valence-corrected chi connectivity index (χ1v) is 7.70. The number of hydrogen-bond acceptors (Lipinski definition) is 3. The predicted molar refractivity (Wildman–Crippen MR) is 65.3 cm³/mol. The molecule has 0 saturated heterocycles. The van der Waals surface area contributed by atoms with Crippen molar-refractivity contribution in [2.24, 2.45) is 0 Å². The molecule has 1 aliphatic carbocycles. The van der Waals surface area contributed by atoms with Gasteiger partial charge in [0.05, 0.1) is 11.9 Å². The summed E-state index contributed by atoms with van der Waals surface area (Å²) in [6, 6.07) is 0. The van der Waals surface area contributed by atoms with E-state index in [1.165, 1.54) is 4.31 Å². The van der Waals surface area contributed by atoms with Gasteiger partial charge in [0.2, 0.25) is 10.0 Å². The number of ether oxygens (including phenoxy) is 1. The van der Waals surface area contributed by atoms with Crippen LogP contribution in [0, 0.1) is 0 Å². The van der Waals surface area contributed by atoms with Gasteiger partial charge in [-0.1, -0.05) is 12.8 Å². The van der Waals surface area contributed by atoms with E-state index in [0.29, 0.717) is 25.6 Å². The van der Waals surface area contributed by atoms with Crippen molar-refractivity contribution < 1.29 is 13.2 Å². The zero-order valence-corrected chi connectivity index (χ0v) is 11.3. The van der Waals surface area contributed by atoms with E-state index in [9.17, 15) is 8.42 Å². The zero-order valence-electron chi connectivity index (χ0n) is 9.69. The second kappa shape index (κ2) is 6.79. The molecule has 4 nitrogen and oxygen atoms in total. The molecule has 0 aromatic carbocycles. The van der Waals surface area contributed by atoms with Gasteiger partial charge in [0.25, 0.3) is 0 Å². The van der Waals surface area contributed by atoms with Gasteiger partial charge in [-0.15, -0.1) is 11.6 Å². The zero-order chi connectivity index (χ0) is 12.0. The summed E-state index contributed by atoms with van der Waals surface area (Å²) in [5, 5.41) is -0.201. The first-order chi connectivity index (χ1) is 7.62. The third-order valence-electron chi connectivity index (χ3n) is 2.96. The predicted octanol–water partition coefficient (Wildman–Crippen LogP) is 1.45. The molecule has 0 aromatic heterocycles. The molecule has 16 heavy (non-hydrogen) atoms. The molecule has 0 aromatic rings. The Morgan fingerprint density at radius 3 is 2.44 bits per heavy atom. The fraction of sp³-hybridized carbons (Fsp3) is 1.00. The molecular formula is C10H20ClNO3S. The first kappa shape index (κ1) is 14.2. The lowest BCUT2D eigenvalue weighted by Crippen LogP contribution is -2.40. The number of halogens is 1. The van der Waals surface area contributed by atoms with Crippen LogP contribution in [0.1, 0.15) is 25.7 Å². The van der Waals surface area contributed by atoms with Gasteiger partial charge < -0.3 is 4.74 Å². The van der Waals surface area contributed by atoms with Crippen molar-refractivity contribution in [3.8, 4) is 0 Å². The number of nitrogens with zero attached hydrogens (tertiary/aromatic N) is 1. The number of hydrogen-bond donors (Lipinski definition) is 0. The Morgan fingerprint density at radius 2 is 1.94 bits per heavy atom. The Labute approximate surface area is 103 Å². The molecule has 0 amide bonds. The molecule has 96 valence electrons. The highest BCUT2D eigenvalue weighted by atomic mass is 35.5. The van der Waals surface area contributed by atoms with Gasteiger partial charge in [-0.2, -0.15) is 4.31 Å². The van der Waals surface area contributed by atoms with Gasteiger partial charge in [-0.05, 0) is 12.8 Å². The van der Waals surface area contributed by atoms with Crippen LogP contribution < -0.4 is 0 Å². The second-order valence-corrected chi connectivity index (χ2v) is 6.62. The minimum Gasteiger partial charge on any atom is -0.383 e. The second-order valence-electron chi connectivity index (χ2n) is 4.03. The van der Waals surface area contributed by atoms with Crippen molar-refractivity contribution in [1.82, 2.24) is 4.31 Å². The maximum absolute atomic E-state index is 12.2. The topological polar surface area (TPSA) is 46.6 Å². The van der Waals surface area contributed by atoms with E-state index in [-0.39, 0.29) is 5.25 Å². The average Bonchev–Trinajstić information content (AvgIpc) is 2.77. The summed E-state index contributed by atoms with van der Waals surface area (Å²) < 4.78 is 30.9. The van der Waals surface area contributed by atoms with Gasteiger partial charge in [-0.3, -0.25) is 0 Å². The molecule has 0 radical (unpaired) electrons. The molecular weight excluding hydrogens is 250 g/mol. The summed E-state index contributed by atoms with van der Waals surface area (Å²) >= 11 is 5.64. The maximum atomic E-state index is 12.2. The molecule has 0 aliphatic heterocycles. The largest absolute Gasteiger partial charge is 0.383 e. The molecule has 1 aliphatic rings. The van der Waals surface area contributed by atoms with Crippen molar-refractivity contribution in [2.75, 3.05) is 32.7 Å². The lowest BCUT2D eigenvalue weighted by Gasteiger charge is -2.24. The maximum Gasteiger partial charge on any atom is 0.217 e. The number of alkyl halides is 1. The molecule has 6 heteroatoms. The number of rotatable bonds is 7. The van der Waals surface area contributed by atoms with E-state index in [2.05, 4.69) is 0 Å². The van der Waals surface area contributed by atoms with Crippen molar-refractivity contribution >= 4 is 21.6 Å². The minimum absolute atomic E-state index is 0.201. The van der Waals surface area contributed by atoms with Crippen molar-refractivity contribution in [2.45, 2.75) is 30.9 Å². The standard InChI is InChI=1S/C10H20ClNO3S/c1-15-9-8-12(7-6-11)16(13,14)10-4-2-3-5-10/h10H,2-9H2,1H3. The summed E-state index contributed by atoms with van der Waals surface area (Å²) in [5.74, 6) is 0.329. The highest BCUT2D eigenvalue weighted by Crippen LogP contribution is 2.26. The van der Waals surface area contributed by atoms with E-state index in [0.717, 1.165) is 25.7 Å². The van der Waals surface area contributed by atoms with E-state index in [4.69, 9.17) is 16.3 Å². The van der Waals surface area contributed by atoms with Gasteiger partial charge in [0, 0.05) is 26.1 Å². The summed E-state index contributed by atoms with van der Waals surface area (Å²) in [5.41, 5.74) is 0. The van der Waals surface area contributed by atoms with Crippen LogP contribution in [0.3, 0.4) is 0 Å². The van der Waals surface area contributed by atoms with Crippen LogP contribution in [0.5, 0.6) is 0 Å². The third-order valence-corrected chi connectivity index (χ3v) is 5.53. The Bertz CT molecular complexity index is 288. The molecule has 1 rings (SSSR count). The molecule has 0 atom stereocenters. The lowest BCUT2D eigenvalue weighted by molar-refractivity contribution is 0.180. The molecule has 0 N–H and O–H groups in total. The number of methoxy groups -OCH3 is 1. The monoisotopic (exact) mass is 269 g/mol. The average molecular weight is 270 g/mol. The van der Waals surface area contributed by atoms with Gasteiger partial charge in [-0.25, -0.2) is 8.42 Å². The smallest absolute Gasteiger partial charge is 0.217 e. The van der Waals surface area contributed by atoms with E-state index in [1.807, 2.05) is 0 Å². The third kappa shape index (κ3) is 3.58. The van der Waals surface area contributed by atoms with Gasteiger partial charge in [0.1, 0.15) is 0 Å². The van der Waals surface area contributed by atoms with E-state index < -0.39 is 10.0 Å². The molecule has 0 spiro atoms. The lowest BCUT2D eigenvalue weighted by atomic mass is 10.4. The van der Waals surface area contributed by atoms with Crippen LogP contribution in [0.15, 0.2) is 0 Å². The van der Waals surface area contributed by atoms with Gasteiger partial charge in [0.15, 0.2) is 0 Å². The number of sulfonamides is 1. The van der Waals surface area contributed by atoms with Crippen molar-refractivity contribution in [3.63, 3.8) is 0 Å². The molecule has 1 saturated carbocycles. The van der Waals surface area contributed by atoms with Crippen LogP contribution in [0.2, 0.25) is 0 Å². The summed E-state index contributed by atoms with van der Waals surface area (Å²) in [4.78, 5) is 0. The van der Waals surface area contributed by atoms with Crippen molar-refractivity contribution in [1.29, 1.82) is 0 Å². The van der Waals surface area contributed by atoms with Crippen molar-refractivity contribution in [3.05, 3.63) is 0 Å². The quantitative estimate of drug-likeness (QED) is 0.657. The Morgan fingerprint density at radius 1 is 1.31 bits per heavy atom. The van der Waals surface area contributed by atoms with Crippen LogP contribution in [0.4, 0.5) is 0 Å². The SMILES string of the molecule is COCCN(CCCl)S(=O)(=O)C1CCCC1. The van der Waals surface area contributed by atoms with Crippen LogP contribution in [-0.2, 0) is 14.8 Å². The minimum atomic E-state index is -3.17. The highest BCUT2D eigenvalue weighted by molar-refractivity contribution is 7.89. The van der Waals surface area contributed by atoms with Gasteiger partial charge >= 0.3 is 0 Å². The Hall–Kier alpha value is 0.160. The van der Waals surface area contributed by atoms with Crippen LogP contribution in [-0.4, -0.2) is 50.7 Å². The van der Waals surface area contributed by atoms with E-state index in [1.54, 1.807) is 7.11 Å².